The molecule has 0 aliphatic carbocycles. The van der Waals surface area contributed by atoms with E-state index in [0.29, 0.717) is 18.1 Å². The normalized spacial score (nSPS) is 12.0. The maximum absolute atomic E-state index is 12.4. The minimum Gasteiger partial charge on any atom is -0.336 e. The number of imidazole rings is 1. The third-order valence-electron chi connectivity index (χ3n) is 3.62. The Kier molecular flexibility index (Phi) is 5.44. The Balaban J connectivity index is 2.35. The number of aromatic nitrogens is 2. The van der Waals surface area contributed by atoms with E-state index in [4.69, 9.17) is 11.6 Å². The number of nitrogens with zero attached hydrogens (tertiary/aromatic N) is 3. The Morgan fingerprint density at radius 3 is 2.68 bits per heavy atom. The molecular weight excluding hydrogens is 300 g/mol. The van der Waals surface area contributed by atoms with E-state index >= 15 is 0 Å². The molecule has 0 aliphatic heterocycles. The van der Waals surface area contributed by atoms with Crippen LogP contribution in [0.3, 0.4) is 0 Å². The van der Waals surface area contributed by atoms with Gasteiger partial charge in [-0.25, -0.2) is 9.78 Å². The van der Waals surface area contributed by atoms with Gasteiger partial charge >= 0.3 is 6.03 Å². The van der Waals surface area contributed by atoms with E-state index in [2.05, 4.69) is 10.3 Å². The number of carbonyl (C=O) groups excluding carboxylic acids is 1. The highest BCUT2D eigenvalue weighted by Crippen LogP contribution is 2.23. The summed E-state index contributed by atoms with van der Waals surface area (Å²) < 4.78 is 1.90. The number of benzene rings is 1. The second-order valence-corrected chi connectivity index (χ2v) is 5.44. The molecule has 0 spiro atoms. The predicted octanol–water partition coefficient (Wildman–Crippen LogP) is 3.21. The molecule has 2 amide bonds. The van der Waals surface area contributed by atoms with Crippen LogP contribution in [0.15, 0.2) is 36.7 Å². The lowest BCUT2D eigenvalue weighted by molar-refractivity contribution is 0.200. The first-order chi connectivity index (χ1) is 10.6. The lowest BCUT2D eigenvalue weighted by Gasteiger charge is -2.25. The first-order valence-corrected chi connectivity index (χ1v) is 7.72. The van der Waals surface area contributed by atoms with Crippen LogP contribution in [0.2, 0.25) is 5.02 Å². The summed E-state index contributed by atoms with van der Waals surface area (Å²) >= 11 is 6.09. The molecule has 0 saturated carbocycles. The number of urea groups is 1. The highest BCUT2D eigenvalue weighted by Gasteiger charge is 2.22. The van der Waals surface area contributed by atoms with Crippen molar-refractivity contribution in [2.75, 3.05) is 13.1 Å². The summed E-state index contributed by atoms with van der Waals surface area (Å²) in [4.78, 5) is 18.5. The van der Waals surface area contributed by atoms with Crippen molar-refractivity contribution < 1.29 is 4.79 Å². The molecule has 1 unspecified atom stereocenters. The third-order valence-corrected chi connectivity index (χ3v) is 3.85. The van der Waals surface area contributed by atoms with Crippen molar-refractivity contribution in [1.29, 1.82) is 0 Å². The van der Waals surface area contributed by atoms with Gasteiger partial charge in [-0.15, -0.1) is 0 Å². The molecule has 0 bridgehead atoms. The molecule has 0 radical (unpaired) electrons. The van der Waals surface area contributed by atoms with Gasteiger partial charge in [0.2, 0.25) is 0 Å². The van der Waals surface area contributed by atoms with Crippen molar-refractivity contribution in [3.8, 4) is 0 Å². The quantitative estimate of drug-likeness (QED) is 0.919. The van der Waals surface area contributed by atoms with Gasteiger partial charge in [0, 0.05) is 37.6 Å². The van der Waals surface area contributed by atoms with E-state index < -0.39 is 0 Å². The number of carbonyl (C=O) groups is 1. The van der Waals surface area contributed by atoms with Crippen molar-refractivity contribution in [3.63, 3.8) is 0 Å². The number of nitrogens with one attached hydrogen (secondary N) is 1. The van der Waals surface area contributed by atoms with Gasteiger partial charge in [0.1, 0.15) is 11.9 Å². The summed E-state index contributed by atoms with van der Waals surface area (Å²) in [7, 11) is 1.91. The lowest BCUT2D eigenvalue weighted by atomic mass is 10.1. The lowest BCUT2D eigenvalue weighted by Crippen LogP contribution is -2.42. The fourth-order valence-corrected chi connectivity index (χ4v) is 2.56. The summed E-state index contributed by atoms with van der Waals surface area (Å²) in [6.07, 6.45) is 3.58. The zero-order valence-electron chi connectivity index (χ0n) is 13.1. The van der Waals surface area contributed by atoms with Gasteiger partial charge in [0.15, 0.2) is 0 Å². The van der Waals surface area contributed by atoms with E-state index in [1.165, 1.54) is 0 Å². The highest BCUT2D eigenvalue weighted by atomic mass is 35.5. The molecule has 0 aliphatic rings. The first kappa shape index (κ1) is 16.4. The Hall–Kier alpha value is -2.01. The molecule has 1 N–H and O–H groups in total. The summed E-state index contributed by atoms with van der Waals surface area (Å²) in [6, 6.07) is 7.02. The molecule has 1 heterocycles. The van der Waals surface area contributed by atoms with Crippen LogP contribution in [0.1, 0.15) is 31.3 Å². The smallest absolute Gasteiger partial charge is 0.318 e. The summed E-state index contributed by atoms with van der Waals surface area (Å²) in [5, 5.41) is 3.68. The number of hydrogen-bond acceptors (Lipinski definition) is 2. The van der Waals surface area contributed by atoms with Crippen molar-refractivity contribution in [2.45, 2.75) is 19.9 Å². The monoisotopic (exact) mass is 320 g/mol. The van der Waals surface area contributed by atoms with Crippen LogP contribution in [0.4, 0.5) is 4.79 Å². The van der Waals surface area contributed by atoms with Gasteiger partial charge in [-0.05, 0) is 31.5 Å². The third kappa shape index (κ3) is 3.60. The molecule has 0 saturated heterocycles. The Morgan fingerprint density at radius 2 is 2.14 bits per heavy atom. The summed E-state index contributed by atoms with van der Waals surface area (Å²) in [6.45, 7) is 5.23. The summed E-state index contributed by atoms with van der Waals surface area (Å²) in [5.41, 5.74) is 0.905. The van der Waals surface area contributed by atoms with Crippen molar-refractivity contribution in [1.82, 2.24) is 19.8 Å². The minimum atomic E-state index is -0.341. The first-order valence-electron chi connectivity index (χ1n) is 7.34. The van der Waals surface area contributed by atoms with E-state index in [9.17, 15) is 4.79 Å². The summed E-state index contributed by atoms with van der Waals surface area (Å²) in [5.74, 6) is 0.766. The van der Waals surface area contributed by atoms with Gasteiger partial charge in [0.05, 0.1) is 0 Å². The largest absolute Gasteiger partial charge is 0.336 e. The Labute approximate surface area is 135 Å². The van der Waals surface area contributed by atoms with E-state index in [1.54, 1.807) is 11.1 Å². The maximum atomic E-state index is 12.4. The zero-order valence-corrected chi connectivity index (χ0v) is 13.8. The van der Waals surface area contributed by atoms with Gasteiger partial charge in [-0.3, -0.25) is 0 Å². The molecule has 6 heteroatoms. The van der Waals surface area contributed by atoms with Crippen LogP contribution < -0.4 is 5.32 Å². The standard InChI is InChI=1S/C16H21ClN4O/c1-4-21(5-2)16(22)19-14(15-18-9-10-20(15)3)12-7-6-8-13(17)11-12/h6-11,14H,4-5H2,1-3H3,(H,19,22). The van der Waals surface area contributed by atoms with E-state index in [0.717, 1.165) is 11.4 Å². The van der Waals surface area contributed by atoms with Crippen LogP contribution in [-0.4, -0.2) is 33.6 Å². The van der Waals surface area contributed by atoms with Gasteiger partial charge < -0.3 is 14.8 Å². The Morgan fingerprint density at radius 1 is 1.41 bits per heavy atom. The molecule has 2 rings (SSSR count). The molecule has 1 atom stereocenters. The number of amides is 2. The van der Waals surface area contributed by atoms with Gasteiger partial charge in [0.25, 0.3) is 0 Å². The number of rotatable bonds is 5. The van der Waals surface area contributed by atoms with E-state index in [-0.39, 0.29) is 12.1 Å². The molecule has 1 aromatic carbocycles. The fourth-order valence-electron chi connectivity index (χ4n) is 2.36. The van der Waals surface area contributed by atoms with Crippen LogP contribution in [-0.2, 0) is 7.05 Å². The molecule has 22 heavy (non-hydrogen) atoms. The van der Waals surface area contributed by atoms with E-state index in [1.807, 2.05) is 55.9 Å². The van der Waals surface area contributed by atoms with Crippen LogP contribution >= 0.6 is 11.6 Å². The SMILES string of the molecule is CCN(CC)C(=O)NC(c1cccc(Cl)c1)c1nccn1C. The molecule has 5 nitrogen and oxygen atoms in total. The average molecular weight is 321 g/mol. The average Bonchev–Trinajstić information content (AvgIpc) is 2.92. The number of halogens is 1. The molecule has 118 valence electrons. The van der Waals surface area contributed by atoms with Gasteiger partial charge in [-0.2, -0.15) is 0 Å². The number of aryl methyl sites for hydroxylation is 1. The maximum Gasteiger partial charge on any atom is 0.318 e. The Bertz CT molecular complexity index is 637. The molecule has 0 fully saturated rings. The topological polar surface area (TPSA) is 50.2 Å². The molecule has 1 aromatic heterocycles. The molecule has 2 aromatic rings. The molecular formula is C16H21ClN4O. The van der Waals surface area contributed by atoms with Crippen molar-refractivity contribution in [2.24, 2.45) is 7.05 Å². The predicted molar refractivity (Wildman–Crippen MR) is 88.0 cm³/mol. The highest BCUT2D eigenvalue weighted by molar-refractivity contribution is 6.30. The van der Waals surface area contributed by atoms with Crippen molar-refractivity contribution >= 4 is 17.6 Å². The second kappa shape index (κ2) is 7.31. The van der Waals surface area contributed by atoms with Crippen LogP contribution in [0.25, 0.3) is 0 Å². The fraction of sp³-hybridized carbons (Fsp3) is 0.375. The zero-order chi connectivity index (χ0) is 16.1. The van der Waals surface area contributed by atoms with Gasteiger partial charge in [-0.1, -0.05) is 23.7 Å². The minimum absolute atomic E-state index is 0.113. The number of hydrogen-bond donors (Lipinski definition) is 1. The second-order valence-electron chi connectivity index (χ2n) is 5.01. The van der Waals surface area contributed by atoms with Crippen LogP contribution in [0.5, 0.6) is 0 Å². The van der Waals surface area contributed by atoms with Crippen LogP contribution in [0, 0.1) is 0 Å². The van der Waals surface area contributed by atoms with Crippen molar-refractivity contribution in [3.05, 3.63) is 53.1 Å².